The van der Waals surface area contributed by atoms with Crippen LogP contribution >= 0.6 is 0 Å². The van der Waals surface area contributed by atoms with E-state index in [0.717, 1.165) is 24.5 Å². The van der Waals surface area contributed by atoms with Crippen LogP contribution in [0.1, 0.15) is 39.8 Å². The summed E-state index contributed by atoms with van der Waals surface area (Å²) in [4.78, 5) is 19.3. The minimum absolute atomic E-state index is 0.0296. The number of hydrogen-bond donors (Lipinski definition) is 0. The molecule has 8 nitrogen and oxygen atoms in total. The quantitative estimate of drug-likeness (QED) is 0.493. The molecule has 11 heteroatoms. The Bertz CT molecular complexity index is 1420. The van der Waals surface area contributed by atoms with Gasteiger partial charge in [0.25, 0.3) is 5.91 Å². The molecule has 2 saturated heterocycles. The van der Waals surface area contributed by atoms with Gasteiger partial charge in [-0.25, -0.2) is 0 Å². The third kappa shape index (κ3) is 4.47. The molecule has 1 amide bonds. The lowest BCUT2D eigenvalue weighted by atomic mass is 9.75. The molecule has 0 bridgehead atoms. The number of amides is 1. The van der Waals surface area contributed by atoms with Crippen LogP contribution in [0.2, 0.25) is 0 Å². The van der Waals surface area contributed by atoms with E-state index in [-0.39, 0.29) is 29.1 Å². The van der Waals surface area contributed by atoms with E-state index in [0.29, 0.717) is 37.6 Å². The van der Waals surface area contributed by atoms with Crippen molar-refractivity contribution in [1.82, 2.24) is 19.7 Å². The van der Waals surface area contributed by atoms with E-state index < -0.39 is 17.6 Å². The summed E-state index contributed by atoms with van der Waals surface area (Å²) < 4.78 is 50.4. The number of piperazine rings is 1. The number of ether oxygens (including phenoxy) is 1. The Labute approximate surface area is 225 Å². The summed E-state index contributed by atoms with van der Waals surface area (Å²) in [7, 11) is 3.88. The predicted octanol–water partition coefficient (Wildman–Crippen LogP) is 3.65. The smallest absolute Gasteiger partial charge is 0.379 e. The SMILES string of the molecule is C[C@@H]1CN(C)CCN1c1cc2c(c(C(F)(F)F)c1)CN(c1cccc(C3(Cc4nncn4C)COC3)c1)C2=O. The lowest BCUT2D eigenvalue weighted by Crippen LogP contribution is -2.50. The monoisotopic (exact) mass is 540 g/mol. The molecule has 2 aromatic carbocycles. The molecule has 39 heavy (non-hydrogen) atoms. The van der Waals surface area contributed by atoms with E-state index in [1.165, 1.54) is 11.0 Å². The molecule has 0 saturated carbocycles. The summed E-state index contributed by atoms with van der Waals surface area (Å²) in [5.41, 5.74) is 1.05. The highest BCUT2D eigenvalue weighted by Crippen LogP contribution is 2.43. The first-order valence-electron chi connectivity index (χ1n) is 13.1. The van der Waals surface area contributed by atoms with Crippen molar-refractivity contribution in [2.24, 2.45) is 7.05 Å². The number of hydrogen-bond acceptors (Lipinski definition) is 6. The Morgan fingerprint density at radius 3 is 2.54 bits per heavy atom. The molecule has 0 spiro atoms. The van der Waals surface area contributed by atoms with Crippen LogP contribution < -0.4 is 9.80 Å². The normalized spacial score (nSPS) is 21.3. The average molecular weight is 541 g/mol. The van der Waals surface area contributed by atoms with E-state index in [1.54, 1.807) is 18.5 Å². The Morgan fingerprint density at radius 2 is 1.90 bits per heavy atom. The van der Waals surface area contributed by atoms with Crippen molar-refractivity contribution in [3.8, 4) is 0 Å². The standard InChI is InChI=1S/C28H31F3N6O2/c1-18-13-34(2)7-8-36(18)21-10-22-23(24(11-21)28(29,30)31)14-37(26(22)38)20-6-4-5-19(9-20)27(15-39-16-27)12-25-33-32-17-35(25)3/h4-6,9-11,17-18H,7-8,12-16H2,1-3H3/t18-/m1/s1. The Hall–Kier alpha value is -3.44. The van der Waals surface area contributed by atoms with Gasteiger partial charge in [-0.2, -0.15) is 13.2 Å². The van der Waals surface area contributed by atoms with Crippen molar-refractivity contribution < 1.29 is 22.7 Å². The van der Waals surface area contributed by atoms with Crippen LogP contribution in [0, 0.1) is 0 Å². The summed E-state index contributed by atoms with van der Waals surface area (Å²) >= 11 is 0. The fourth-order valence-corrected chi connectivity index (χ4v) is 6.04. The Morgan fingerprint density at radius 1 is 1.10 bits per heavy atom. The highest BCUT2D eigenvalue weighted by Gasteiger charge is 2.44. The van der Waals surface area contributed by atoms with Crippen molar-refractivity contribution in [2.45, 2.75) is 37.5 Å². The third-order valence-electron chi connectivity index (χ3n) is 8.32. The fourth-order valence-electron chi connectivity index (χ4n) is 6.04. The van der Waals surface area contributed by atoms with Crippen LogP contribution in [0.15, 0.2) is 42.7 Å². The van der Waals surface area contributed by atoms with Gasteiger partial charge < -0.3 is 24.0 Å². The van der Waals surface area contributed by atoms with Crippen molar-refractivity contribution in [3.05, 3.63) is 70.8 Å². The zero-order valence-corrected chi connectivity index (χ0v) is 22.2. The highest BCUT2D eigenvalue weighted by atomic mass is 19.4. The lowest BCUT2D eigenvalue weighted by Gasteiger charge is -2.42. The number of fused-ring (bicyclic) bond motifs is 1. The van der Waals surface area contributed by atoms with E-state index in [4.69, 9.17) is 4.74 Å². The number of rotatable bonds is 5. The zero-order valence-electron chi connectivity index (χ0n) is 22.2. The topological polar surface area (TPSA) is 66.7 Å². The second-order valence-corrected chi connectivity index (χ2v) is 11.1. The third-order valence-corrected chi connectivity index (χ3v) is 8.32. The minimum Gasteiger partial charge on any atom is -0.379 e. The summed E-state index contributed by atoms with van der Waals surface area (Å²) in [5.74, 6) is 0.400. The Kier molecular flexibility index (Phi) is 6.18. The highest BCUT2D eigenvalue weighted by molar-refractivity contribution is 6.11. The second-order valence-electron chi connectivity index (χ2n) is 11.1. The van der Waals surface area contributed by atoms with Crippen LogP contribution in [0.3, 0.4) is 0 Å². The van der Waals surface area contributed by atoms with E-state index in [9.17, 15) is 18.0 Å². The first kappa shape index (κ1) is 25.8. The molecule has 206 valence electrons. The molecule has 3 aliphatic heterocycles. The molecule has 4 heterocycles. The molecule has 0 N–H and O–H groups in total. The van der Waals surface area contributed by atoms with E-state index >= 15 is 0 Å². The first-order chi connectivity index (χ1) is 18.6. The summed E-state index contributed by atoms with van der Waals surface area (Å²) in [6.45, 7) is 4.93. The number of anilines is 2. The minimum atomic E-state index is -4.57. The molecular formula is C28H31F3N6O2. The van der Waals surface area contributed by atoms with Gasteiger partial charge in [0, 0.05) is 61.5 Å². The predicted molar refractivity (Wildman–Crippen MR) is 140 cm³/mol. The van der Waals surface area contributed by atoms with Gasteiger partial charge >= 0.3 is 6.18 Å². The maximum atomic E-state index is 14.3. The van der Waals surface area contributed by atoms with E-state index in [2.05, 4.69) is 15.1 Å². The summed E-state index contributed by atoms with van der Waals surface area (Å²) in [6.07, 6.45) is -2.32. The number of benzene rings is 2. The van der Waals surface area contributed by atoms with Crippen LogP contribution in [0.5, 0.6) is 0 Å². The van der Waals surface area contributed by atoms with Crippen LogP contribution in [0.25, 0.3) is 0 Å². The van der Waals surface area contributed by atoms with Gasteiger partial charge in [0.2, 0.25) is 0 Å². The number of halogens is 3. The maximum absolute atomic E-state index is 14.3. The summed E-state index contributed by atoms with van der Waals surface area (Å²) in [5, 5.41) is 8.19. The molecule has 3 aliphatic rings. The zero-order chi connectivity index (χ0) is 27.5. The maximum Gasteiger partial charge on any atom is 0.416 e. The van der Waals surface area contributed by atoms with Crippen molar-refractivity contribution in [1.29, 1.82) is 0 Å². The van der Waals surface area contributed by atoms with Gasteiger partial charge in [-0.1, -0.05) is 12.1 Å². The van der Waals surface area contributed by atoms with Crippen molar-refractivity contribution >= 4 is 17.3 Å². The fraction of sp³-hybridized carbons (Fsp3) is 0.464. The molecule has 1 aromatic heterocycles. The van der Waals surface area contributed by atoms with Gasteiger partial charge in [0.15, 0.2) is 0 Å². The average Bonchev–Trinajstić information content (AvgIpc) is 3.42. The molecular weight excluding hydrogens is 509 g/mol. The molecule has 6 rings (SSSR count). The van der Waals surface area contributed by atoms with Gasteiger partial charge in [-0.15, -0.1) is 10.2 Å². The van der Waals surface area contributed by atoms with Gasteiger partial charge in [0.05, 0.1) is 25.3 Å². The molecule has 2 fully saturated rings. The number of carbonyl (C=O) groups excluding carboxylic acids is 1. The first-order valence-corrected chi connectivity index (χ1v) is 13.1. The Balaban J connectivity index is 1.34. The van der Waals surface area contributed by atoms with E-state index in [1.807, 2.05) is 48.7 Å². The molecule has 0 radical (unpaired) electrons. The van der Waals surface area contributed by atoms with Gasteiger partial charge in [-0.05, 0) is 49.4 Å². The van der Waals surface area contributed by atoms with Crippen LogP contribution in [-0.2, 0) is 36.3 Å². The second kappa shape index (κ2) is 9.34. The number of carbonyl (C=O) groups is 1. The van der Waals surface area contributed by atoms with Crippen molar-refractivity contribution in [3.63, 3.8) is 0 Å². The van der Waals surface area contributed by atoms with Gasteiger partial charge in [0.1, 0.15) is 12.2 Å². The summed E-state index contributed by atoms with van der Waals surface area (Å²) in [6, 6.07) is 10.4. The van der Waals surface area contributed by atoms with Crippen LogP contribution in [0.4, 0.5) is 24.5 Å². The molecule has 0 unspecified atom stereocenters. The number of likely N-dealkylation sites (N-methyl/N-ethyl adjacent to an activating group) is 1. The molecule has 3 aromatic rings. The number of aryl methyl sites for hydroxylation is 1. The molecule has 1 atom stereocenters. The number of nitrogens with zero attached hydrogens (tertiary/aromatic N) is 6. The number of alkyl halides is 3. The number of aromatic nitrogens is 3. The van der Waals surface area contributed by atoms with Crippen LogP contribution in [-0.4, -0.2) is 71.5 Å². The molecule has 0 aliphatic carbocycles. The van der Waals surface area contributed by atoms with Gasteiger partial charge in [-0.3, -0.25) is 4.79 Å². The van der Waals surface area contributed by atoms with Crippen molar-refractivity contribution in [2.75, 3.05) is 49.7 Å². The lowest BCUT2D eigenvalue weighted by molar-refractivity contribution is -0.138. The largest absolute Gasteiger partial charge is 0.416 e.